The fraction of sp³-hybridized carbons (Fsp3) is 0.250. The first-order valence-electron chi connectivity index (χ1n) is 6.76. The van der Waals surface area contributed by atoms with E-state index >= 15 is 0 Å². The fourth-order valence-corrected chi connectivity index (χ4v) is 5.41. The molecule has 1 atom stereocenters. The maximum Gasteiger partial charge on any atom is 0.124 e. The number of rotatable bonds is 4. The zero-order chi connectivity index (χ0) is 15.0. The van der Waals surface area contributed by atoms with E-state index in [1.54, 1.807) is 28.7 Å². The highest BCUT2D eigenvalue weighted by molar-refractivity contribution is 9.11. The summed E-state index contributed by atoms with van der Waals surface area (Å²) in [5.74, 6) is -0.176. The van der Waals surface area contributed by atoms with Gasteiger partial charge >= 0.3 is 0 Å². The standard InChI is InChI=1S/C16H15BrFNS2/c1-3-19-16(12-8-15(17)20-9(12)2)14-6-10-4-5-11(18)7-13(10)21-14/h4-8,16,19H,3H2,1-2H3. The number of hydrogen-bond acceptors (Lipinski definition) is 3. The van der Waals surface area contributed by atoms with Gasteiger partial charge in [0.05, 0.1) is 9.83 Å². The van der Waals surface area contributed by atoms with Crippen molar-refractivity contribution in [1.29, 1.82) is 0 Å². The van der Waals surface area contributed by atoms with Crippen molar-refractivity contribution in [3.8, 4) is 0 Å². The molecule has 3 aromatic rings. The third-order valence-corrected chi connectivity index (χ3v) is 6.16. The van der Waals surface area contributed by atoms with Crippen LogP contribution in [0.3, 0.4) is 0 Å². The highest BCUT2D eigenvalue weighted by Gasteiger charge is 2.19. The van der Waals surface area contributed by atoms with Crippen molar-refractivity contribution in [3.63, 3.8) is 0 Å². The van der Waals surface area contributed by atoms with E-state index in [-0.39, 0.29) is 11.9 Å². The number of halogens is 2. The van der Waals surface area contributed by atoms with Crippen molar-refractivity contribution < 1.29 is 4.39 Å². The molecule has 0 aliphatic heterocycles. The van der Waals surface area contributed by atoms with Crippen LogP contribution in [-0.4, -0.2) is 6.54 Å². The molecule has 0 aliphatic carbocycles. The molecule has 1 aromatic carbocycles. The Bertz CT molecular complexity index is 778. The normalized spacial score (nSPS) is 13.0. The average Bonchev–Trinajstić information content (AvgIpc) is 2.98. The van der Waals surface area contributed by atoms with E-state index in [1.165, 1.54) is 21.4 Å². The monoisotopic (exact) mass is 383 g/mol. The molecule has 0 saturated carbocycles. The largest absolute Gasteiger partial charge is 0.306 e. The van der Waals surface area contributed by atoms with Gasteiger partial charge in [-0.25, -0.2) is 4.39 Å². The minimum absolute atomic E-state index is 0.165. The predicted octanol–water partition coefficient (Wildman–Crippen LogP) is 5.87. The molecular weight excluding hydrogens is 369 g/mol. The molecule has 1 nitrogen and oxygen atoms in total. The lowest BCUT2D eigenvalue weighted by Crippen LogP contribution is -2.21. The highest BCUT2D eigenvalue weighted by Crippen LogP contribution is 2.38. The number of fused-ring (bicyclic) bond motifs is 1. The predicted molar refractivity (Wildman–Crippen MR) is 94.1 cm³/mol. The van der Waals surface area contributed by atoms with Crippen LogP contribution in [0.5, 0.6) is 0 Å². The lowest BCUT2D eigenvalue weighted by Gasteiger charge is -2.16. The van der Waals surface area contributed by atoms with E-state index in [9.17, 15) is 4.39 Å². The molecule has 0 amide bonds. The van der Waals surface area contributed by atoms with Gasteiger partial charge in [-0.05, 0) is 64.6 Å². The van der Waals surface area contributed by atoms with Gasteiger partial charge < -0.3 is 5.32 Å². The SMILES string of the molecule is CCNC(c1cc2ccc(F)cc2s1)c1cc(Br)sc1C. The quantitative estimate of drug-likeness (QED) is 0.593. The van der Waals surface area contributed by atoms with E-state index in [4.69, 9.17) is 0 Å². The zero-order valence-electron chi connectivity index (χ0n) is 11.7. The van der Waals surface area contributed by atoms with Crippen LogP contribution in [0.4, 0.5) is 4.39 Å². The Labute approximate surface area is 139 Å². The molecule has 21 heavy (non-hydrogen) atoms. The van der Waals surface area contributed by atoms with Gasteiger partial charge in [-0.15, -0.1) is 22.7 Å². The molecule has 2 aromatic heterocycles. The maximum absolute atomic E-state index is 13.4. The molecule has 2 heterocycles. The van der Waals surface area contributed by atoms with Crippen molar-refractivity contribution in [2.45, 2.75) is 19.9 Å². The molecule has 0 saturated heterocycles. The summed E-state index contributed by atoms with van der Waals surface area (Å²) in [6.07, 6.45) is 0. The molecular formula is C16H15BrFNS2. The molecule has 110 valence electrons. The lowest BCUT2D eigenvalue weighted by atomic mass is 10.1. The first kappa shape index (κ1) is 15.2. The van der Waals surface area contributed by atoms with Crippen LogP contribution in [0.25, 0.3) is 10.1 Å². The summed E-state index contributed by atoms with van der Waals surface area (Å²) < 4.78 is 15.5. The summed E-state index contributed by atoms with van der Waals surface area (Å²) in [4.78, 5) is 2.53. The topological polar surface area (TPSA) is 12.0 Å². The Balaban J connectivity index is 2.08. The van der Waals surface area contributed by atoms with E-state index in [0.29, 0.717) is 0 Å². The molecule has 0 radical (unpaired) electrons. The van der Waals surface area contributed by atoms with Gasteiger partial charge in [0.1, 0.15) is 5.82 Å². The third-order valence-electron chi connectivity index (χ3n) is 3.43. The van der Waals surface area contributed by atoms with Gasteiger partial charge in [-0.2, -0.15) is 0 Å². The summed E-state index contributed by atoms with van der Waals surface area (Å²) in [6.45, 7) is 5.14. The van der Waals surface area contributed by atoms with Gasteiger partial charge in [0, 0.05) is 14.5 Å². The van der Waals surface area contributed by atoms with Crippen LogP contribution in [0.2, 0.25) is 0 Å². The van der Waals surface area contributed by atoms with Crippen LogP contribution >= 0.6 is 38.6 Å². The number of thiophene rings is 2. The smallest absolute Gasteiger partial charge is 0.124 e. The fourth-order valence-electron chi connectivity index (χ4n) is 2.48. The number of hydrogen-bond donors (Lipinski definition) is 1. The Morgan fingerprint density at radius 2 is 2.05 bits per heavy atom. The van der Waals surface area contributed by atoms with Gasteiger partial charge in [0.25, 0.3) is 0 Å². The Kier molecular flexibility index (Phi) is 4.45. The van der Waals surface area contributed by atoms with Gasteiger partial charge in [-0.1, -0.05) is 13.0 Å². The Morgan fingerprint density at radius 3 is 2.71 bits per heavy atom. The van der Waals surface area contributed by atoms with Crippen LogP contribution in [0, 0.1) is 12.7 Å². The summed E-state index contributed by atoms with van der Waals surface area (Å²) >= 11 is 6.97. The first-order chi connectivity index (χ1) is 10.1. The number of nitrogens with one attached hydrogen (secondary N) is 1. The van der Waals surface area contributed by atoms with Gasteiger partial charge in [-0.3, -0.25) is 0 Å². The van der Waals surface area contributed by atoms with Gasteiger partial charge in [0.2, 0.25) is 0 Å². The molecule has 0 fully saturated rings. The van der Waals surface area contributed by atoms with Crippen LogP contribution in [0.15, 0.2) is 34.1 Å². The Morgan fingerprint density at radius 1 is 1.24 bits per heavy atom. The lowest BCUT2D eigenvalue weighted by molar-refractivity contribution is 0.630. The highest BCUT2D eigenvalue weighted by atomic mass is 79.9. The van der Waals surface area contributed by atoms with Crippen LogP contribution in [-0.2, 0) is 0 Å². The third kappa shape index (κ3) is 3.06. The molecule has 1 N–H and O–H groups in total. The Hall–Kier alpha value is -0.750. The van der Waals surface area contributed by atoms with Crippen molar-refractivity contribution in [2.24, 2.45) is 0 Å². The maximum atomic E-state index is 13.4. The number of benzene rings is 1. The molecule has 1 unspecified atom stereocenters. The van der Waals surface area contributed by atoms with E-state index < -0.39 is 0 Å². The molecule has 0 aliphatic rings. The molecule has 0 spiro atoms. The second-order valence-electron chi connectivity index (χ2n) is 4.88. The minimum Gasteiger partial charge on any atom is -0.306 e. The van der Waals surface area contributed by atoms with E-state index in [1.807, 2.05) is 6.07 Å². The first-order valence-corrected chi connectivity index (χ1v) is 9.19. The van der Waals surface area contributed by atoms with E-state index in [2.05, 4.69) is 47.2 Å². The van der Waals surface area contributed by atoms with Gasteiger partial charge in [0.15, 0.2) is 0 Å². The minimum atomic E-state index is -0.176. The van der Waals surface area contributed by atoms with Crippen molar-refractivity contribution in [3.05, 3.63) is 55.3 Å². The van der Waals surface area contributed by atoms with Crippen LogP contribution < -0.4 is 5.32 Å². The van der Waals surface area contributed by atoms with Crippen molar-refractivity contribution in [1.82, 2.24) is 5.32 Å². The van der Waals surface area contributed by atoms with Crippen molar-refractivity contribution >= 4 is 48.7 Å². The second kappa shape index (κ2) is 6.16. The second-order valence-corrected chi connectivity index (χ2v) is 8.63. The summed E-state index contributed by atoms with van der Waals surface area (Å²) in [5.41, 5.74) is 1.29. The van der Waals surface area contributed by atoms with Crippen LogP contribution in [0.1, 0.15) is 28.3 Å². The summed E-state index contributed by atoms with van der Waals surface area (Å²) in [5, 5.41) is 4.65. The molecule has 0 bridgehead atoms. The summed E-state index contributed by atoms with van der Waals surface area (Å²) in [6, 6.07) is 9.49. The molecule has 3 rings (SSSR count). The number of aryl methyl sites for hydroxylation is 1. The zero-order valence-corrected chi connectivity index (χ0v) is 15.0. The van der Waals surface area contributed by atoms with E-state index in [0.717, 1.165) is 20.4 Å². The summed E-state index contributed by atoms with van der Waals surface area (Å²) in [7, 11) is 0. The van der Waals surface area contributed by atoms with Crippen molar-refractivity contribution in [2.75, 3.05) is 6.54 Å². The molecule has 5 heteroatoms. The average molecular weight is 384 g/mol.